The molecule has 1 heterocycles. The lowest BCUT2D eigenvalue weighted by Gasteiger charge is -2.35. The Balaban J connectivity index is 1.97. The number of hydrogen-bond acceptors (Lipinski definition) is 4. The van der Waals surface area contributed by atoms with E-state index >= 15 is 0 Å². The average Bonchev–Trinajstić information content (AvgIpc) is 2.49. The van der Waals surface area contributed by atoms with Crippen molar-refractivity contribution in [2.45, 2.75) is 26.3 Å². The quantitative estimate of drug-likeness (QED) is 0.857. The van der Waals surface area contributed by atoms with Gasteiger partial charge in [0, 0.05) is 31.9 Å². The second-order valence-corrected chi connectivity index (χ2v) is 6.24. The first-order valence-electron chi connectivity index (χ1n) is 7.89. The summed E-state index contributed by atoms with van der Waals surface area (Å²) in [5.41, 5.74) is 2.96. The van der Waals surface area contributed by atoms with Crippen molar-refractivity contribution in [2.75, 3.05) is 38.5 Å². The molecule has 1 aromatic carbocycles. The van der Waals surface area contributed by atoms with Gasteiger partial charge in [-0.25, -0.2) is 0 Å². The highest BCUT2D eigenvalue weighted by Gasteiger charge is 2.30. The Morgan fingerprint density at radius 2 is 1.83 bits per heavy atom. The normalized spacial score (nSPS) is 17.7. The molecule has 1 amide bonds. The second kappa shape index (κ2) is 7.57. The Morgan fingerprint density at radius 3 is 2.39 bits per heavy atom. The van der Waals surface area contributed by atoms with Crippen molar-refractivity contribution < 1.29 is 14.7 Å². The van der Waals surface area contributed by atoms with E-state index in [1.165, 1.54) is 0 Å². The number of rotatable bonds is 5. The number of nitrogens with one attached hydrogen (secondary N) is 1. The van der Waals surface area contributed by atoms with Crippen molar-refractivity contribution in [3.05, 3.63) is 29.3 Å². The monoisotopic (exact) mass is 319 g/mol. The van der Waals surface area contributed by atoms with Crippen molar-refractivity contribution in [1.29, 1.82) is 0 Å². The van der Waals surface area contributed by atoms with E-state index in [1.54, 1.807) is 0 Å². The van der Waals surface area contributed by atoms with E-state index in [0.717, 1.165) is 24.2 Å². The maximum atomic E-state index is 12.2. The number of likely N-dealkylation sites (N-methyl/N-ethyl adjacent to an activating group) is 1. The minimum atomic E-state index is -0.940. The first-order valence-corrected chi connectivity index (χ1v) is 7.89. The summed E-state index contributed by atoms with van der Waals surface area (Å²) in [6, 6.07) is 4.92. The summed E-state index contributed by atoms with van der Waals surface area (Å²) in [4.78, 5) is 27.8. The van der Waals surface area contributed by atoms with Gasteiger partial charge in [0.25, 0.3) is 0 Å². The molecule has 1 fully saturated rings. The third-order valence-corrected chi connectivity index (χ3v) is 4.43. The zero-order valence-corrected chi connectivity index (χ0v) is 14.0. The van der Waals surface area contributed by atoms with Crippen LogP contribution >= 0.6 is 0 Å². The first kappa shape index (κ1) is 17.4. The topological polar surface area (TPSA) is 72.9 Å². The summed E-state index contributed by atoms with van der Waals surface area (Å²) in [5.74, 6) is -1.20. The Hall–Kier alpha value is -1.92. The zero-order valence-electron chi connectivity index (χ0n) is 14.0. The van der Waals surface area contributed by atoms with Crippen LogP contribution in [0.5, 0.6) is 0 Å². The fourth-order valence-electron chi connectivity index (χ4n) is 2.71. The molecule has 6 nitrogen and oxygen atoms in total. The van der Waals surface area contributed by atoms with Crippen LogP contribution in [0.2, 0.25) is 0 Å². The molecule has 1 saturated heterocycles. The number of benzene rings is 1. The molecule has 0 aliphatic carbocycles. The van der Waals surface area contributed by atoms with Crippen LogP contribution in [0.25, 0.3) is 0 Å². The highest BCUT2D eigenvalue weighted by Crippen LogP contribution is 2.16. The highest BCUT2D eigenvalue weighted by molar-refractivity contribution is 5.94. The molecule has 2 N–H and O–H groups in total. The molecular formula is C17H25N3O3. The average molecular weight is 319 g/mol. The van der Waals surface area contributed by atoms with E-state index in [0.29, 0.717) is 18.8 Å². The van der Waals surface area contributed by atoms with Gasteiger partial charge in [0.05, 0.1) is 6.42 Å². The van der Waals surface area contributed by atoms with Gasteiger partial charge in [0.1, 0.15) is 6.04 Å². The lowest BCUT2D eigenvalue weighted by molar-refractivity contribution is -0.145. The molecule has 0 saturated carbocycles. The van der Waals surface area contributed by atoms with Crippen molar-refractivity contribution in [3.63, 3.8) is 0 Å². The molecule has 1 aromatic rings. The molecule has 6 heteroatoms. The molecule has 0 spiro atoms. The van der Waals surface area contributed by atoms with Crippen LogP contribution < -0.4 is 5.32 Å². The van der Waals surface area contributed by atoms with Gasteiger partial charge in [-0.1, -0.05) is 6.07 Å². The number of nitrogens with zero attached hydrogens (tertiary/aromatic N) is 2. The summed E-state index contributed by atoms with van der Waals surface area (Å²) in [7, 11) is 2.01. The van der Waals surface area contributed by atoms with Crippen LogP contribution in [0.1, 0.15) is 17.5 Å². The number of amides is 1. The van der Waals surface area contributed by atoms with Crippen LogP contribution in [0.15, 0.2) is 18.2 Å². The number of piperazine rings is 1. The van der Waals surface area contributed by atoms with Gasteiger partial charge in [0.2, 0.25) is 5.91 Å². The maximum absolute atomic E-state index is 12.2. The van der Waals surface area contributed by atoms with Gasteiger partial charge in [-0.2, -0.15) is 0 Å². The summed E-state index contributed by atoms with van der Waals surface area (Å²) in [6.45, 7) is 6.98. The molecule has 0 radical (unpaired) electrons. The number of carboxylic acid groups (broad SMARTS) is 1. The lowest BCUT2D eigenvalue weighted by Crippen LogP contribution is -2.52. The van der Waals surface area contributed by atoms with Gasteiger partial charge in [-0.15, -0.1) is 0 Å². The van der Waals surface area contributed by atoms with E-state index in [9.17, 15) is 14.7 Å². The van der Waals surface area contributed by atoms with Gasteiger partial charge in [0.15, 0.2) is 0 Å². The summed E-state index contributed by atoms with van der Waals surface area (Å²) in [6.07, 6.45) is -0.0357. The number of carbonyl (C=O) groups is 2. The smallest absolute Gasteiger partial charge is 0.321 e. The molecule has 23 heavy (non-hydrogen) atoms. The van der Waals surface area contributed by atoms with E-state index in [2.05, 4.69) is 10.2 Å². The second-order valence-electron chi connectivity index (χ2n) is 6.24. The minimum Gasteiger partial charge on any atom is -0.480 e. The van der Waals surface area contributed by atoms with Gasteiger partial charge in [-0.3, -0.25) is 14.5 Å². The Bertz CT molecular complexity index is 580. The molecule has 1 aliphatic rings. The minimum absolute atomic E-state index is 0.0357. The van der Waals surface area contributed by atoms with E-state index in [1.807, 2.05) is 44.0 Å². The van der Waals surface area contributed by atoms with Gasteiger partial charge in [-0.05, 0) is 44.2 Å². The fourth-order valence-corrected chi connectivity index (χ4v) is 2.71. The van der Waals surface area contributed by atoms with Crippen LogP contribution in [0.4, 0.5) is 5.69 Å². The summed E-state index contributed by atoms with van der Waals surface area (Å²) < 4.78 is 0. The third kappa shape index (κ3) is 4.77. The van der Waals surface area contributed by atoms with Gasteiger partial charge >= 0.3 is 5.97 Å². The number of carbonyl (C=O) groups excluding carboxylic acids is 1. The van der Waals surface area contributed by atoms with Gasteiger partial charge < -0.3 is 15.3 Å². The first-order chi connectivity index (χ1) is 10.9. The van der Waals surface area contributed by atoms with Crippen LogP contribution in [-0.4, -0.2) is 66.1 Å². The molecule has 0 unspecified atom stereocenters. The van der Waals surface area contributed by atoms with Crippen molar-refractivity contribution in [3.8, 4) is 0 Å². The van der Waals surface area contributed by atoms with Crippen LogP contribution in [-0.2, 0) is 9.59 Å². The van der Waals surface area contributed by atoms with Crippen molar-refractivity contribution in [2.24, 2.45) is 0 Å². The number of anilines is 1. The van der Waals surface area contributed by atoms with E-state index in [-0.39, 0.29) is 12.3 Å². The SMILES string of the molecule is Cc1ccc(NC(=O)C[C@@H](C(=O)O)N2CCN(C)CC2)cc1C. The number of carboxylic acids is 1. The zero-order chi connectivity index (χ0) is 17.0. The largest absolute Gasteiger partial charge is 0.480 e. The fraction of sp³-hybridized carbons (Fsp3) is 0.529. The standard InChI is InChI=1S/C17H25N3O3/c1-12-4-5-14(10-13(12)2)18-16(21)11-15(17(22)23)20-8-6-19(3)7-9-20/h4-5,10,15H,6-9,11H2,1-3H3,(H,18,21)(H,22,23)/t15-/m0/s1. The predicted molar refractivity (Wildman–Crippen MR) is 89.7 cm³/mol. The van der Waals surface area contributed by atoms with Crippen molar-refractivity contribution in [1.82, 2.24) is 9.80 Å². The van der Waals surface area contributed by atoms with E-state index < -0.39 is 12.0 Å². The maximum Gasteiger partial charge on any atom is 0.321 e. The van der Waals surface area contributed by atoms with Crippen molar-refractivity contribution >= 4 is 17.6 Å². The Morgan fingerprint density at radius 1 is 1.17 bits per heavy atom. The molecule has 1 aliphatic heterocycles. The predicted octanol–water partition coefficient (Wildman–Crippen LogP) is 1.33. The molecule has 126 valence electrons. The molecular weight excluding hydrogens is 294 g/mol. The molecule has 0 aromatic heterocycles. The van der Waals surface area contributed by atoms with Crippen LogP contribution in [0, 0.1) is 13.8 Å². The lowest BCUT2D eigenvalue weighted by atomic mass is 10.1. The number of hydrogen-bond donors (Lipinski definition) is 2. The number of aryl methyl sites for hydroxylation is 2. The third-order valence-electron chi connectivity index (χ3n) is 4.43. The molecule has 0 bridgehead atoms. The molecule has 2 rings (SSSR count). The van der Waals surface area contributed by atoms with E-state index in [4.69, 9.17) is 0 Å². The Labute approximate surface area is 137 Å². The summed E-state index contributed by atoms with van der Waals surface area (Å²) in [5, 5.41) is 12.3. The number of aliphatic carboxylic acids is 1. The summed E-state index contributed by atoms with van der Waals surface area (Å²) >= 11 is 0. The Kier molecular flexibility index (Phi) is 5.74. The highest BCUT2D eigenvalue weighted by atomic mass is 16.4. The molecule has 1 atom stereocenters. The van der Waals surface area contributed by atoms with Crippen LogP contribution in [0.3, 0.4) is 0 Å².